The van der Waals surface area contributed by atoms with E-state index >= 15 is 0 Å². The van der Waals surface area contributed by atoms with Crippen molar-refractivity contribution in [2.45, 2.75) is 6.42 Å². The fraction of sp³-hybridized carbons (Fsp3) is 0.0323. The summed E-state index contributed by atoms with van der Waals surface area (Å²) in [5, 5.41) is 20.2. The fourth-order valence-corrected chi connectivity index (χ4v) is 4.65. The van der Waals surface area contributed by atoms with Gasteiger partial charge in [-0.15, -0.1) is 0 Å². The lowest BCUT2D eigenvalue weighted by molar-refractivity contribution is -0.131. The van der Waals surface area contributed by atoms with Crippen LogP contribution >= 0.6 is 0 Å². The van der Waals surface area contributed by atoms with Crippen LogP contribution in [0.1, 0.15) is 11.1 Å². The molecule has 0 aliphatic rings. The van der Waals surface area contributed by atoms with Gasteiger partial charge in [-0.1, -0.05) is 48.5 Å². The average Bonchev–Trinajstić information content (AvgIpc) is 3.46. The van der Waals surface area contributed by atoms with Gasteiger partial charge in [-0.25, -0.2) is 19.7 Å². The highest BCUT2D eigenvalue weighted by Gasteiger charge is 2.21. The Morgan fingerprint density at radius 2 is 1.73 bits per heavy atom. The van der Waals surface area contributed by atoms with Crippen LogP contribution in [0.25, 0.3) is 21.8 Å². The van der Waals surface area contributed by atoms with Crippen LogP contribution in [-0.2, 0) is 16.0 Å². The van der Waals surface area contributed by atoms with Crippen LogP contribution in [0.3, 0.4) is 0 Å². The quantitative estimate of drug-likeness (QED) is 0.214. The predicted octanol–water partition coefficient (Wildman–Crippen LogP) is 5.54. The number of pyridine rings is 1. The normalized spacial score (nSPS) is 11.2. The first-order valence-corrected chi connectivity index (χ1v) is 12.7. The minimum absolute atomic E-state index is 0.233. The van der Waals surface area contributed by atoms with Crippen molar-refractivity contribution in [3.63, 3.8) is 0 Å². The number of H-pyrrole nitrogens is 1. The van der Waals surface area contributed by atoms with Crippen molar-refractivity contribution < 1.29 is 14.7 Å². The molecular formula is C31H23N7O3. The molecule has 0 fully saturated rings. The van der Waals surface area contributed by atoms with Crippen molar-refractivity contribution >= 4 is 56.7 Å². The second-order valence-corrected chi connectivity index (χ2v) is 9.21. The number of carbonyl (C=O) groups excluding carboxylic acids is 1. The molecule has 0 saturated heterocycles. The molecule has 0 spiro atoms. The maximum Gasteiger partial charge on any atom is 0.328 e. The number of benzene rings is 3. The lowest BCUT2D eigenvalue weighted by Crippen LogP contribution is -2.15. The maximum absolute atomic E-state index is 12.3. The van der Waals surface area contributed by atoms with Gasteiger partial charge in [-0.2, -0.15) is 5.10 Å². The number of carboxylic acid groups (broad SMARTS) is 1. The summed E-state index contributed by atoms with van der Waals surface area (Å²) < 4.78 is 0. The number of nitrogens with zero attached hydrogens (tertiary/aromatic N) is 5. The summed E-state index contributed by atoms with van der Waals surface area (Å²) >= 11 is 0. The van der Waals surface area contributed by atoms with Gasteiger partial charge in [-0.3, -0.25) is 14.8 Å². The summed E-state index contributed by atoms with van der Waals surface area (Å²) in [6.07, 6.45) is 7.20. The molecule has 0 aliphatic carbocycles. The number of anilines is 4. The summed E-state index contributed by atoms with van der Waals surface area (Å²) in [5.74, 6) is -1.02. The van der Waals surface area contributed by atoms with Crippen molar-refractivity contribution in [1.82, 2.24) is 25.1 Å². The van der Waals surface area contributed by atoms with Crippen LogP contribution < -0.4 is 10.2 Å². The molecule has 1 amide bonds. The molecule has 0 atom stereocenters. The van der Waals surface area contributed by atoms with Crippen molar-refractivity contribution in [1.29, 1.82) is 0 Å². The van der Waals surface area contributed by atoms with E-state index in [1.54, 1.807) is 18.5 Å². The number of aliphatic carboxylic acids is 1. The first kappa shape index (κ1) is 25.4. The Morgan fingerprint density at radius 1 is 0.902 bits per heavy atom. The molecule has 6 rings (SSSR count). The first-order chi connectivity index (χ1) is 20.0. The summed E-state index contributed by atoms with van der Waals surface area (Å²) in [6, 6.07) is 26.1. The molecule has 3 aromatic carbocycles. The minimum atomic E-state index is -1.22. The molecule has 41 heavy (non-hydrogen) atoms. The third kappa shape index (κ3) is 5.48. The van der Waals surface area contributed by atoms with Crippen LogP contribution in [-0.4, -0.2) is 42.1 Å². The highest BCUT2D eigenvalue weighted by molar-refractivity contribution is 6.03. The number of carboxylic acids is 1. The Morgan fingerprint density at radius 3 is 2.59 bits per heavy atom. The van der Waals surface area contributed by atoms with Gasteiger partial charge >= 0.3 is 5.97 Å². The van der Waals surface area contributed by atoms with Gasteiger partial charge in [-0.05, 0) is 47.9 Å². The number of para-hydroxylation sites is 1. The van der Waals surface area contributed by atoms with Gasteiger partial charge in [0.2, 0.25) is 5.91 Å². The highest BCUT2D eigenvalue weighted by atomic mass is 16.4. The summed E-state index contributed by atoms with van der Waals surface area (Å²) in [5.41, 5.74) is 5.50. The number of hydrogen-bond acceptors (Lipinski definition) is 7. The van der Waals surface area contributed by atoms with E-state index in [2.05, 4.69) is 48.6 Å². The Kier molecular flexibility index (Phi) is 6.85. The van der Waals surface area contributed by atoms with E-state index in [-0.39, 0.29) is 5.82 Å². The molecule has 3 aromatic heterocycles. The lowest BCUT2D eigenvalue weighted by Gasteiger charge is -2.27. The number of aromatic nitrogens is 5. The van der Waals surface area contributed by atoms with Gasteiger partial charge in [0, 0.05) is 28.6 Å². The number of nitrogens with one attached hydrogen (secondary N) is 2. The predicted molar refractivity (Wildman–Crippen MR) is 156 cm³/mol. The van der Waals surface area contributed by atoms with Gasteiger partial charge in [0.05, 0.1) is 29.1 Å². The van der Waals surface area contributed by atoms with Crippen molar-refractivity contribution in [3.8, 4) is 0 Å². The Hall–Kier alpha value is -5.90. The molecule has 3 N–H and O–H groups in total. The molecular weight excluding hydrogens is 518 g/mol. The molecule has 0 bridgehead atoms. The van der Waals surface area contributed by atoms with E-state index in [4.69, 9.17) is 10.1 Å². The maximum atomic E-state index is 12.3. The van der Waals surface area contributed by atoms with Crippen LogP contribution in [0.4, 0.5) is 23.0 Å². The zero-order valence-corrected chi connectivity index (χ0v) is 21.6. The van der Waals surface area contributed by atoms with E-state index < -0.39 is 11.9 Å². The standard InChI is InChI=1S/C31H23N7O3/c39-29(12-13-30(40)41)36-28-16-24-26(18-32-28)33-19-34-31(24)38(23-10-11-25-22(15-23)17-35-37-25)27-9-5-4-8-21(27)14-20-6-2-1-3-7-20/h1-13,15-19H,14H2,(H,35,37)(H,40,41)(H,32,36,39). The Balaban J connectivity index is 1.51. The van der Waals surface area contributed by atoms with Crippen LogP contribution in [0.2, 0.25) is 0 Å². The largest absolute Gasteiger partial charge is 0.478 e. The molecule has 0 radical (unpaired) electrons. The Labute approximate surface area is 234 Å². The zero-order valence-electron chi connectivity index (χ0n) is 21.6. The van der Waals surface area contributed by atoms with Crippen LogP contribution in [0.15, 0.2) is 110 Å². The van der Waals surface area contributed by atoms with E-state index in [0.29, 0.717) is 23.1 Å². The monoisotopic (exact) mass is 541 g/mol. The molecule has 0 unspecified atom stereocenters. The summed E-state index contributed by atoms with van der Waals surface area (Å²) in [6.45, 7) is 0. The van der Waals surface area contributed by atoms with E-state index in [9.17, 15) is 9.59 Å². The average molecular weight is 542 g/mol. The molecule has 0 saturated carbocycles. The van der Waals surface area contributed by atoms with Gasteiger partial charge in [0.15, 0.2) is 0 Å². The molecule has 0 aliphatic heterocycles. The Bertz CT molecular complexity index is 1920. The highest BCUT2D eigenvalue weighted by Crippen LogP contribution is 2.40. The molecule has 10 heteroatoms. The minimum Gasteiger partial charge on any atom is -0.478 e. The van der Waals surface area contributed by atoms with Gasteiger partial charge < -0.3 is 10.4 Å². The SMILES string of the molecule is O=C(O)C=CC(=O)Nc1cc2c(N(c3ccc4[nH]ncc4c3)c3ccccc3Cc3ccccc3)ncnc2cn1. The number of fused-ring (bicyclic) bond motifs is 2. The van der Waals surface area contributed by atoms with E-state index in [1.807, 2.05) is 54.6 Å². The molecule has 10 nitrogen and oxygen atoms in total. The third-order valence-electron chi connectivity index (χ3n) is 6.49. The zero-order chi connectivity index (χ0) is 28.2. The smallest absolute Gasteiger partial charge is 0.328 e. The second kappa shape index (κ2) is 11.1. The number of aromatic amines is 1. The number of carbonyl (C=O) groups is 2. The number of amides is 1. The second-order valence-electron chi connectivity index (χ2n) is 9.21. The summed E-state index contributed by atoms with van der Waals surface area (Å²) in [4.78, 5) is 38.6. The van der Waals surface area contributed by atoms with Gasteiger partial charge in [0.25, 0.3) is 0 Å². The van der Waals surface area contributed by atoms with E-state index in [0.717, 1.165) is 40.0 Å². The first-order valence-electron chi connectivity index (χ1n) is 12.7. The van der Waals surface area contributed by atoms with Crippen molar-refractivity contribution in [3.05, 3.63) is 121 Å². The van der Waals surface area contributed by atoms with Crippen LogP contribution in [0, 0.1) is 0 Å². The van der Waals surface area contributed by atoms with Crippen LogP contribution in [0.5, 0.6) is 0 Å². The van der Waals surface area contributed by atoms with E-state index in [1.165, 1.54) is 11.9 Å². The third-order valence-corrected chi connectivity index (χ3v) is 6.49. The number of hydrogen-bond donors (Lipinski definition) is 3. The number of rotatable bonds is 8. The fourth-order valence-electron chi connectivity index (χ4n) is 4.65. The lowest BCUT2D eigenvalue weighted by atomic mass is 10.0. The molecule has 6 aromatic rings. The topological polar surface area (TPSA) is 137 Å². The van der Waals surface area contributed by atoms with Crippen molar-refractivity contribution in [2.24, 2.45) is 0 Å². The van der Waals surface area contributed by atoms with Crippen molar-refractivity contribution in [2.75, 3.05) is 10.2 Å². The molecule has 200 valence electrons. The summed E-state index contributed by atoms with van der Waals surface area (Å²) in [7, 11) is 0. The molecule has 3 heterocycles. The van der Waals surface area contributed by atoms with Gasteiger partial charge in [0.1, 0.15) is 18.0 Å².